The maximum absolute atomic E-state index is 13.0. The summed E-state index contributed by atoms with van der Waals surface area (Å²) in [5.74, 6) is 6.66. The second-order valence-corrected chi connectivity index (χ2v) is 8.23. The molecule has 0 aliphatic rings. The molecule has 0 fully saturated rings. The lowest BCUT2D eigenvalue weighted by Crippen LogP contribution is -2.37. The molecule has 7 nitrogen and oxygen atoms in total. The lowest BCUT2D eigenvalue weighted by Gasteiger charge is -2.24. The summed E-state index contributed by atoms with van der Waals surface area (Å²) >= 11 is 1.26. The number of nitrogen functional groups attached to an aromatic ring is 1. The number of hydrogen-bond acceptors (Lipinski definition) is 6. The van der Waals surface area contributed by atoms with Crippen molar-refractivity contribution in [3.63, 3.8) is 0 Å². The predicted octanol–water partition coefficient (Wildman–Crippen LogP) is 2.72. The van der Waals surface area contributed by atoms with Crippen molar-refractivity contribution in [3.8, 4) is 6.07 Å². The minimum atomic E-state index is -0.423. The first-order chi connectivity index (χ1) is 12.3. The average molecular weight is 372 g/mol. The fourth-order valence-electron chi connectivity index (χ4n) is 2.43. The van der Waals surface area contributed by atoms with Gasteiger partial charge in [-0.2, -0.15) is 5.26 Å². The number of thioether (sulfide) groups is 1. The summed E-state index contributed by atoms with van der Waals surface area (Å²) in [4.78, 5) is 14.6. The van der Waals surface area contributed by atoms with Gasteiger partial charge in [0.1, 0.15) is 0 Å². The van der Waals surface area contributed by atoms with Crippen LogP contribution in [0, 0.1) is 11.3 Å². The third kappa shape index (κ3) is 4.55. The van der Waals surface area contributed by atoms with Gasteiger partial charge in [0.15, 0.2) is 5.82 Å². The number of carbonyl (C=O) groups excluding carboxylic acids is 1. The van der Waals surface area contributed by atoms with Crippen molar-refractivity contribution >= 4 is 23.4 Å². The number of rotatable bonds is 6. The van der Waals surface area contributed by atoms with Crippen molar-refractivity contribution in [2.24, 2.45) is 0 Å². The van der Waals surface area contributed by atoms with Crippen LogP contribution in [-0.2, 0) is 10.2 Å². The van der Waals surface area contributed by atoms with E-state index in [2.05, 4.69) is 16.3 Å². The highest BCUT2D eigenvalue weighted by Gasteiger charge is 2.27. The van der Waals surface area contributed by atoms with E-state index in [0.29, 0.717) is 17.5 Å². The fraction of sp³-hybridized carbons (Fsp3) is 0.444. The number of nitriles is 1. The number of aromatic nitrogens is 3. The van der Waals surface area contributed by atoms with Crippen LogP contribution >= 0.6 is 11.8 Å². The quantitative estimate of drug-likeness (QED) is 0.618. The van der Waals surface area contributed by atoms with Gasteiger partial charge in [-0.05, 0) is 19.1 Å². The Morgan fingerprint density at radius 2 is 2.00 bits per heavy atom. The third-order valence-corrected chi connectivity index (χ3v) is 4.79. The zero-order valence-corrected chi connectivity index (χ0v) is 16.3. The summed E-state index contributed by atoms with van der Waals surface area (Å²) in [7, 11) is 0. The molecule has 138 valence electrons. The highest BCUT2D eigenvalue weighted by Crippen LogP contribution is 2.27. The highest BCUT2D eigenvalue weighted by atomic mass is 32.2. The zero-order valence-electron chi connectivity index (χ0n) is 15.5. The van der Waals surface area contributed by atoms with Gasteiger partial charge in [-0.25, -0.2) is 4.68 Å². The number of nitrogens with two attached hydrogens (primary N) is 1. The van der Waals surface area contributed by atoms with Gasteiger partial charge in [-0.15, -0.1) is 10.2 Å². The van der Waals surface area contributed by atoms with E-state index in [1.54, 1.807) is 11.8 Å². The lowest BCUT2D eigenvalue weighted by atomic mass is 9.96. The molecule has 0 aliphatic heterocycles. The van der Waals surface area contributed by atoms with Crippen molar-refractivity contribution in [3.05, 3.63) is 36.2 Å². The number of benzene rings is 1. The Bertz CT molecular complexity index is 790. The minimum absolute atomic E-state index is 0.100. The Labute approximate surface area is 158 Å². The fourth-order valence-corrected chi connectivity index (χ4v) is 3.27. The maximum Gasteiger partial charge on any atom is 0.240 e. The SMILES string of the molecule is CC(Sc1nnc(C(C)(C)C)n1N)C(=O)N(CCC#N)c1ccccc1. The molecule has 8 heteroatoms. The van der Waals surface area contributed by atoms with Crippen molar-refractivity contribution in [1.82, 2.24) is 14.9 Å². The summed E-state index contributed by atoms with van der Waals surface area (Å²) in [6, 6.07) is 11.4. The number of carbonyl (C=O) groups is 1. The molecule has 2 rings (SSSR count). The van der Waals surface area contributed by atoms with Gasteiger partial charge in [-0.1, -0.05) is 50.7 Å². The Hall–Kier alpha value is -2.53. The first-order valence-corrected chi connectivity index (χ1v) is 9.24. The van der Waals surface area contributed by atoms with Crippen LogP contribution in [0.4, 0.5) is 5.69 Å². The summed E-state index contributed by atoms with van der Waals surface area (Å²) in [6.45, 7) is 8.15. The number of nitrogens with zero attached hydrogens (tertiary/aromatic N) is 5. The van der Waals surface area contributed by atoms with Crippen LogP contribution < -0.4 is 10.7 Å². The summed E-state index contributed by atoms with van der Waals surface area (Å²) < 4.78 is 1.44. The van der Waals surface area contributed by atoms with Gasteiger partial charge < -0.3 is 10.7 Å². The molecule has 1 amide bonds. The van der Waals surface area contributed by atoms with Crippen molar-refractivity contribution in [2.45, 2.75) is 49.9 Å². The molecule has 1 atom stereocenters. The molecule has 0 spiro atoms. The summed E-state index contributed by atoms with van der Waals surface area (Å²) in [5.41, 5.74) is 0.529. The van der Waals surface area contributed by atoms with E-state index in [9.17, 15) is 4.79 Å². The second kappa shape index (κ2) is 8.23. The van der Waals surface area contributed by atoms with Crippen LogP contribution in [0.1, 0.15) is 39.9 Å². The molecule has 0 aliphatic carbocycles. The Morgan fingerprint density at radius 1 is 1.35 bits per heavy atom. The molecule has 26 heavy (non-hydrogen) atoms. The number of hydrogen-bond donors (Lipinski definition) is 1. The molecule has 1 aromatic heterocycles. The van der Waals surface area contributed by atoms with Gasteiger partial charge in [0.25, 0.3) is 0 Å². The van der Waals surface area contributed by atoms with Gasteiger partial charge >= 0.3 is 0 Å². The topological polar surface area (TPSA) is 101 Å². The summed E-state index contributed by atoms with van der Waals surface area (Å²) in [6.07, 6.45) is 0.263. The number of para-hydroxylation sites is 1. The summed E-state index contributed by atoms with van der Waals surface area (Å²) in [5, 5.41) is 17.2. The zero-order chi connectivity index (χ0) is 19.3. The average Bonchev–Trinajstić information content (AvgIpc) is 2.96. The standard InChI is InChI=1S/C18H24N6OS/c1-13(26-17-22-21-16(24(17)20)18(2,3)4)15(25)23(12-8-11-19)14-9-6-5-7-10-14/h5-7,9-10,13H,8,12,20H2,1-4H3. The molecular weight excluding hydrogens is 348 g/mol. The van der Waals surface area contributed by atoms with Crippen molar-refractivity contribution in [2.75, 3.05) is 17.3 Å². The maximum atomic E-state index is 13.0. The first-order valence-electron chi connectivity index (χ1n) is 8.36. The van der Waals surface area contributed by atoms with E-state index in [1.165, 1.54) is 16.4 Å². The molecular formula is C18H24N6OS. The molecule has 1 aromatic carbocycles. The van der Waals surface area contributed by atoms with Crippen molar-refractivity contribution in [1.29, 1.82) is 5.26 Å². The Kier molecular flexibility index (Phi) is 6.27. The third-order valence-electron chi connectivity index (χ3n) is 3.75. The Morgan fingerprint density at radius 3 is 2.54 bits per heavy atom. The van der Waals surface area contributed by atoms with Crippen molar-refractivity contribution < 1.29 is 4.79 Å². The minimum Gasteiger partial charge on any atom is -0.336 e. The monoisotopic (exact) mass is 372 g/mol. The molecule has 0 saturated carbocycles. The molecule has 1 unspecified atom stereocenters. The van der Waals surface area contributed by atoms with Crippen LogP contribution in [0.15, 0.2) is 35.5 Å². The lowest BCUT2D eigenvalue weighted by molar-refractivity contribution is -0.117. The van der Waals surface area contributed by atoms with E-state index in [1.807, 2.05) is 51.1 Å². The predicted molar refractivity (Wildman–Crippen MR) is 103 cm³/mol. The second-order valence-electron chi connectivity index (χ2n) is 6.92. The molecule has 0 saturated heterocycles. The van der Waals surface area contributed by atoms with Crippen LogP contribution in [0.25, 0.3) is 0 Å². The Balaban J connectivity index is 2.19. The van der Waals surface area contributed by atoms with Gasteiger partial charge in [0.05, 0.1) is 17.7 Å². The van der Waals surface area contributed by atoms with E-state index < -0.39 is 5.25 Å². The normalized spacial score (nSPS) is 12.4. The number of amides is 1. The van der Waals surface area contributed by atoms with Crippen LogP contribution in [0.2, 0.25) is 0 Å². The largest absolute Gasteiger partial charge is 0.336 e. The van der Waals surface area contributed by atoms with Crippen LogP contribution in [-0.4, -0.2) is 32.6 Å². The molecule has 0 radical (unpaired) electrons. The molecule has 2 aromatic rings. The highest BCUT2D eigenvalue weighted by molar-refractivity contribution is 8.00. The van der Waals surface area contributed by atoms with Crippen LogP contribution in [0.3, 0.4) is 0 Å². The smallest absolute Gasteiger partial charge is 0.240 e. The number of anilines is 1. The van der Waals surface area contributed by atoms with Gasteiger partial charge in [0, 0.05) is 17.6 Å². The molecule has 1 heterocycles. The first kappa shape index (κ1) is 19.8. The molecule has 2 N–H and O–H groups in total. The molecule has 0 bridgehead atoms. The van der Waals surface area contributed by atoms with E-state index >= 15 is 0 Å². The van der Waals surface area contributed by atoms with E-state index in [4.69, 9.17) is 11.1 Å². The van der Waals surface area contributed by atoms with Gasteiger partial charge in [-0.3, -0.25) is 4.79 Å². The van der Waals surface area contributed by atoms with E-state index in [-0.39, 0.29) is 17.7 Å². The van der Waals surface area contributed by atoms with Gasteiger partial charge in [0.2, 0.25) is 11.1 Å². The van der Waals surface area contributed by atoms with E-state index in [0.717, 1.165) is 5.69 Å². The van der Waals surface area contributed by atoms with Crippen LogP contribution in [0.5, 0.6) is 0 Å².